The maximum atomic E-state index is 13.4. The minimum Gasteiger partial charge on any atom is -0.456 e. The number of benzene rings is 1. The van der Waals surface area contributed by atoms with E-state index in [0.29, 0.717) is 0 Å². The minimum atomic E-state index is -0.797. The van der Waals surface area contributed by atoms with E-state index in [9.17, 15) is 28.9 Å². The molecule has 1 N–H and O–H groups in total. The van der Waals surface area contributed by atoms with Crippen LogP contribution in [-0.2, 0) is 19.1 Å². The average molecular weight is 366 g/mol. The summed E-state index contributed by atoms with van der Waals surface area (Å²) in [6, 6.07) is 5.53. The smallest absolute Gasteiger partial charge is 0.307 e. The number of ether oxygens (including phenoxy) is 1. The SMILES string of the molecule is C[C@H]1CC(=O)[C@@H](CC(=O)OCC(=O)Nc2ccccc2F)[C@@H]1C[N+](=O)[O-]. The molecule has 2 rings (SSSR count). The van der Waals surface area contributed by atoms with E-state index in [1.165, 1.54) is 24.3 Å². The molecule has 0 aliphatic heterocycles. The van der Waals surface area contributed by atoms with Gasteiger partial charge in [-0.1, -0.05) is 19.1 Å². The molecule has 9 heteroatoms. The Labute approximate surface area is 148 Å². The Morgan fingerprint density at radius 1 is 1.38 bits per heavy atom. The number of ketones is 1. The first-order valence-electron chi connectivity index (χ1n) is 8.12. The van der Waals surface area contributed by atoms with Crippen LogP contribution in [-0.4, -0.2) is 35.7 Å². The van der Waals surface area contributed by atoms with Crippen molar-refractivity contribution < 1.29 is 28.4 Å². The highest BCUT2D eigenvalue weighted by Crippen LogP contribution is 2.36. The zero-order chi connectivity index (χ0) is 19.3. The van der Waals surface area contributed by atoms with Crippen LogP contribution in [0.25, 0.3) is 0 Å². The first kappa shape index (κ1) is 19.5. The summed E-state index contributed by atoms with van der Waals surface area (Å²) in [7, 11) is 0. The molecule has 0 saturated heterocycles. The third-order valence-electron chi connectivity index (χ3n) is 4.44. The molecule has 26 heavy (non-hydrogen) atoms. The number of rotatable bonds is 7. The third-order valence-corrected chi connectivity index (χ3v) is 4.44. The van der Waals surface area contributed by atoms with Crippen LogP contribution in [0.3, 0.4) is 0 Å². The highest BCUT2D eigenvalue weighted by molar-refractivity contribution is 5.93. The molecule has 1 saturated carbocycles. The third kappa shape index (κ3) is 5.08. The number of halogens is 1. The molecule has 1 amide bonds. The Morgan fingerprint density at radius 2 is 2.08 bits per heavy atom. The molecule has 1 aromatic rings. The normalized spacial score (nSPS) is 22.1. The van der Waals surface area contributed by atoms with E-state index in [2.05, 4.69) is 5.32 Å². The first-order valence-corrected chi connectivity index (χ1v) is 8.12. The summed E-state index contributed by atoms with van der Waals surface area (Å²) in [4.78, 5) is 45.9. The van der Waals surface area contributed by atoms with E-state index in [1.807, 2.05) is 0 Å². The van der Waals surface area contributed by atoms with Gasteiger partial charge in [0.25, 0.3) is 5.91 Å². The van der Waals surface area contributed by atoms with Crippen molar-refractivity contribution in [2.45, 2.75) is 19.8 Å². The molecule has 0 unspecified atom stereocenters. The lowest BCUT2D eigenvalue weighted by Gasteiger charge is -2.17. The lowest BCUT2D eigenvalue weighted by atomic mass is 9.88. The van der Waals surface area contributed by atoms with Gasteiger partial charge in [0.1, 0.15) is 11.6 Å². The van der Waals surface area contributed by atoms with Crippen molar-refractivity contribution in [3.8, 4) is 0 Å². The summed E-state index contributed by atoms with van der Waals surface area (Å²) >= 11 is 0. The van der Waals surface area contributed by atoms with Gasteiger partial charge in [0.05, 0.1) is 12.1 Å². The average Bonchev–Trinajstić information content (AvgIpc) is 2.81. The van der Waals surface area contributed by atoms with Crippen LogP contribution in [0.4, 0.5) is 10.1 Å². The molecule has 1 aliphatic carbocycles. The zero-order valence-corrected chi connectivity index (χ0v) is 14.1. The van der Waals surface area contributed by atoms with Crippen LogP contribution in [0.2, 0.25) is 0 Å². The van der Waals surface area contributed by atoms with Gasteiger partial charge in [-0.25, -0.2) is 4.39 Å². The number of nitrogens with one attached hydrogen (secondary N) is 1. The highest BCUT2D eigenvalue weighted by Gasteiger charge is 2.44. The van der Waals surface area contributed by atoms with E-state index in [0.717, 1.165) is 0 Å². The lowest BCUT2D eigenvalue weighted by molar-refractivity contribution is -0.490. The summed E-state index contributed by atoms with van der Waals surface area (Å²) in [5, 5.41) is 13.0. The van der Waals surface area contributed by atoms with E-state index in [-0.39, 0.29) is 30.2 Å². The van der Waals surface area contributed by atoms with Gasteiger partial charge in [-0.3, -0.25) is 24.5 Å². The van der Waals surface area contributed by atoms with Crippen molar-refractivity contribution in [1.29, 1.82) is 0 Å². The molecule has 1 aromatic carbocycles. The van der Waals surface area contributed by atoms with Crippen molar-refractivity contribution >= 4 is 23.3 Å². The summed E-state index contributed by atoms with van der Waals surface area (Å²) in [6.45, 7) is 0.710. The zero-order valence-electron chi connectivity index (χ0n) is 14.1. The summed E-state index contributed by atoms with van der Waals surface area (Å²) < 4.78 is 18.3. The largest absolute Gasteiger partial charge is 0.456 e. The van der Waals surface area contributed by atoms with Crippen LogP contribution < -0.4 is 5.32 Å². The second kappa shape index (κ2) is 8.50. The van der Waals surface area contributed by atoms with Crippen LogP contribution >= 0.6 is 0 Å². The fourth-order valence-electron chi connectivity index (χ4n) is 3.13. The Bertz CT molecular complexity index is 723. The Balaban J connectivity index is 1.85. The van der Waals surface area contributed by atoms with Crippen molar-refractivity contribution in [2.24, 2.45) is 17.8 Å². The second-order valence-corrected chi connectivity index (χ2v) is 6.33. The second-order valence-electron chi connectivity index (χ2n) is 6.33. The number of Topliss-reactive ketones (excluding diaryl/α,β-unsaturated/α-hetero) is 1. The molecule has 140 valence electrons. The van der Waals surface area contributed by atoms with Crippen molar-refractivity contribution in [2.75, 3.05) is 18.5 Å². The van der Waals surface area contributed by atoms with Gasteiger partial charge in [0.15, 0.2) is 6.61 Å². The fraction of sp³-hybridized carbons (Fsp3) is 0.471. The molecule has 0 heterocycles. The number of nitrogens with zero attached hydrogens (tertiary/aromatic N) is 1. The van der Waals surface area contributed by atoms with Crippen molar-refractivity contribution in [3.05, 3.63) is 40.2 Å². The Hall–Kier alpha value is -2.84. The lowest BCUT2D eigenvalue weighted by Crippen LogP contribution is -2.28. The van der Waals surface area contributed by atoms with Crippen molar-refractivity contribution in [3.63, 3.8) is 0 Å². The maximum Gasteiger partial charge on any atom is 0.307 e. The van der Waals surface area contributed by atoms with Gasteiger partial charge < -0.3 is 10.1 Å². The standard InChI is InChI=1S/C17H19FN2O6/c1-10-6-15(21)11(12(10)8-20(24)25)7-17(23)26-9-16(22)19-14-5-3-2-4-13(14)18/h2-5,10-12H,6-9H2,1H3,(H,19,22)/t10-,11-,12+/m0/s1. The molecule has 0 aromatic heterocycles. The molecule has 0 bridgehead atoms. The molecule has 0 radical (unpaired) electrons. The number of carbonyl (C=O) groups excluding carboxylic acids is 3. The fourth-order valence-corrected chi connectivity index (χ4v) is 3.13. The molecular formula is C17H19FN2O6. The number of nitro groups is 1. The quantitative estimate of drug-likeness (QED) is 0.447. The Kier molecular flexibility index (Phi) is 6.37. The molecular weight excluding hydrogens is 347 g/mol. The van der Waals surface area contributed by atoms with Gasteiger partial charge >= 0.3 is 5.97 Å². The molecule has 1 fully saturated rings. The monoisotopic (exact) mass is 366 g/mol. The number of hydrogen-bond donors (Lipinski definition) is 1. The van der Waals surface area contributed by atoms with Crippen molar-refractivity contribution in [1.82, 2.24) is 0 Å². The van der Waals surface area contributed by atoms with Crippen LogP contribution in [0.15, 0.2) is 24.3 Å². The van der Waals surface area contributed by atoms with Gasteiger partial charge in [0, 0.05) is 23.2 Å². The van der Waals surface area contributed by atoms with Crippen LogP contribution in [0, 0.1) is 33.7 Å². The molecule has 8 nitrogen and oxygen atoms in total. The summed E-state index contributed by atoms with van der Waals surface area (Å²) in [5.74, 6) is -3.85. The van der Waals surface area contributed by atoms with E-state index in [1.54, 1.807) is 6.92 Å². The van der Waals surface area contributed by atoms with Gasteiger partial charge in [-0.05, 0) is 18.1 Å². The Morgan fingerprint density at radius 3 is 2.73 bits per heavy atom. The summed E-state index contributed by atoms with van der Waals surface area (Å²) in [5.41, 5.74) is -0.0422. The van der Waals surface area contributed by atoms with Gasteiger partial charge in [-0.2, -0.15) is 0 Å². The summed E-state index contributed by atoms with van der Waals surface area (Å²) in [6.07, 6.45) is -0.126. The van der Waals surface area contributed by atoms with Gasteiger partial charge in [0.2, 0.25) is 6.54 Å². The number of amides is 1. The van der Waals surface area contributed by atoms with E-state index >= 15 is 0 Å². The molecule has 0 spiro atoms. The van der Waals surface area contributed by atoms with E-state index in [4.69, 9.17) is 4.74 Å². The first-order chi connectivity index (χ1) is 12.3. The predicted molar refractivity (Wildman–Crippen MR) is 88.2 cm³/mol. The van der Waals surface area contributed by atoms with E-state index < -0.39 is 47.6 Å². The number of carbonyl (C=O) groups is 3. The number of esters is 1. The number of hydrogen-bond acceptors (Lipinski definition) is 6. The number of anilines is 1. The van der Waals surface area contributed by atoms with Crippen LogP contribution in [0.1, 0.15) is 19.8 Å². The van der Waals surface area contributed by atoms with Crippen LogP contribution in [0.5, 0.6) is 0 Å². The predicted octanol–water partition coefficient (Wildman–Crippen LogP) is 1.82. The molecule has 1 aliphatic rings. The minimum absolute atomic E-state index is 0.0422. The topological polar surface area (TPSA) is 116 Å². The van der Waals surface area contributed by atoms with Gasteiger partial charge in [-0.15, -0.1) is 0 Å². The highest BCUT2D eigenvalue weighted by atomic mass is 19.1. The number of para-hydroxylation sites is 1. The maximum absolute atomic E-state index is 13.4. The molecule has 3 atom stereocenters.